The minimum atomic E-state index is -0.704. The molecule has 4 aliphatic heterocycles. The Labute approximate surface area is 229 Å². The van der Waals surface area contributed by atoms with Crippen LogP contribution in [-0.4, -0.2) is 84.0 Å². The number of likely N-dealkylation sites (tertiary alicyclic amines) is 1. The molecule has 2 amide bonds. The van der Waals surface area contributed by atoms with E-state index in [9.17, 15) is 9.59 Å². The van der Waals surface area contributed by atoms with Crippen LogP contribution in [0.4, 0.5) is 0 Å². The standard InChI is InChI=1S/C30H35ClN4O3/c31-24-10-5-4-9-23(24)20-35-21-30-12-11-25(38-30)26(27(30)29(35)37)28(36)32-13-6-14-33-15-17-34(18-16-33)19-22-7-2-1-3-8-22/h1-5,7-12,25-27H,6,13-21H2,(H,32,36)/t25-,26-,27-,30+/m1/s1. The van der Waals surface area contributed by atoms with E-state index in [1.165, 1.54) is 5.56 Å². The fourth-order valence-electron chi connectivity index (χ4n) is 6.49. The predicted octanol–water partition coefficient (Wildman–Crippen LogP) is 2.95. The summed E-state index contributed by atoms with van der Waals surface area (Å²) in [6, 6.07) is 18.2. The molecule has 38 heavy (non-hydrogen) atoms. The Morgan fingerprint density at radius 1 is 1.00 bits per heavy atom. The zero-order valence-electron chi connectivity index (χ0n) is 21.6. The number of carbonyl (C=O) groups excluding carboxylic acids is 2. The zero-order valence-corrected chi connectivity index (χ0v) is 22.4. The summed E-state index contributed by atoms with van der Waals surface area (Å²) in [5, 5.41) is 3.75. The van der Waals surface area contributed by atoms with Crippen molar-refractivity contribution in [1.82, 2.24) is 20.0 Å². The first-order valence-electron chi connectivity index (χ1n) is 13.7. The number of carbonyl (C=O) groups is 2. The molecule has 200 valence electrons. The molecule has 7 nitrogen and oxygen atoms in total. The molecule has 2 aromatic carbocycles. The number of nitrogens with zero attached hydrogens (tertiary/aromatic N) is 3. The Bertz CT molecular complexity index is 1200. The highest BCUT2D eigenvalue weighted by Gasteiger charge is 2.66. The van der Waals surface area contributed by atoms with Crippen LogP contribution in [0.2, 0.25) is 5.02 Å². The van der Waals surface area contributed by atoms with Crippen molar-refractivity contribution in [1.29, 1.82) is 0 Å². The van der Waals surface area contributed by atoms with Crippen LogP contribution in [0.15, 0.2) is 66.7 Å². The number of rotatable bonds is 9. The third-order valence-corrected chi connectivity index (χ3v) is 8.83. The topological polar surface area (TPSA) is 65.1 Å². The van der Waals surface area contributed by atoms with Gasteiger partial charge in [0, 0.05) is 50.8 Å². The van der Waals surface area contributed by atoms with Crippen LogP contribution in [0.5, 0.6) is 0 Å². The van der Waals surface area contributed by atoms with E-state index in [4.69, 9.17) is 16.3 Å². The molecule has 4 aliphatic rings. The van der Waals surface area contributed by atoms with Crippen molar-refractivity contribution in [2.45, 2.75) is 31.2 Å². The van der Waals surface area contributed by atoms with E-state index in [1.807, 2.05) is 36.4 Å². The van der Waals surface area contributed by atoms with E-state index in [0.29, 0.717) is 24.7 Å². The second-order valence-corrected chi connectivity index (χ2v) is 11.3. The lowest BCUT2D eigenvalue weighted by Gasteiger charge is -2.34. The molecule has 2 aromatic rings. The van der Waals surface area contributed by atoms with Gasteiger partial charge in [0.2, 0.25) is 11.8 Å². The summed E-state index contributed by atoms with van der Waals surface area (Å²) in [5.74, 6) is -1.06. The monoisotopic (exact) mass is 534 g/mol. The first-order valence-corrected chi connectivity index (χ1v) is 14.1. The average molecular weight is 535 g/mol. The quantitative estimate of drug-likeness (QED) is 0.396. The Morgan fingerprint density at radius 2 is 1.74 bits per heavy atom. The Morgan fingerprint density at radius 3 is 2.53 bits per heavy atom. The van der Waals surface area contributed by atoms with Gasteiger partial charge in [0.15, 0.2) is 0 Å². The summed E-state index contributed by atoms with van der Waals surface area (Å²) in [6.07, 6.45) is 4.51. The number of hydrogen-bond donors (Lipinski definition) is 1. The normalized spacial score (nSPS) is 28.7. The molecule has 0 aliphatic carbocycles. The molecule has 0 unspecified atom stereocenters. The molecule has 3 fully saturated rings. The van der Waals surface area contributed by atoms with Crippen LogP contribution in [-0.2, 0) is 27.4 Å². The van der Waals surface area contributed by atoms with E-state index in [2.05, 4.69) is 45.4 Å². The second-order valence-electron chi connectivity index (χ2n) is 10.9. The van der Waals surface area contributed by atoms with Gasteiger partial charge in [-0.3, -0.25) is 14.5 Å². The maximum atomic E-state index is 13.5. The minimum absolute atomic E-state index is 0.0229. The SMILES string of the molecule is O=C(NCCCN1CCN(Cc2ccccc2)CC1)[C@@H]1[C@H]2C=C[C@@]3(CN(Cc4ccccc4Cl)C(=O)[C@@H]13)O2. The summed E-state index contributed by atoms with van der Waals surface area (Å²) in [5.41, 5.74) is 1.56. The molecule has 3 saturated heterocycles. The first-order chi connectivity index (χ1) is 18.5. The van der Waals surface area contributed by atoms with Crippen molar-refractivity contribution in [2.75, 3.05) is 45.8 Å². The maximum Gasteiger partial charge on any atom is 0.230 e. The predicted molar refractivity (Wildman–Crippen MR) is 146 cm³/mol. The summed E-state index contributed by atoms with van der Waals surface area (Å²) < 4.78 is 6.26. The van der Waals surface area contributed by atoms with Crippen molar-refractivity contribution >= 4 is 23.4 Å². The number of piperazine rings is 1. The van der Waals surface area contributed by atoms with Gasteiger partial charge in [-0.1, -0.05) is 72.3 Å². The van der Waals surface area contributed by atoms with Crippen molar-refractivity contribution in [3.8, 4) is 0 Å². The van der Waals surface area contributed by atoms with Gasteiger partial charge < -0.3 is 19.9 Å². The molecule has 2 bridgehead atoms. The van der Waals surface area contributed by atoms with Crippen LogP contribution in [0.3, 0.4) is 0 Å². The van der Waals surface area contributed by atoms with Crippen LogP contribution in [0, 0.1) is 11.8 Å². The van der Waals surface area contributed by atoms with Crippen molar-refractivity contribution in [3.63, 3.8) is 0 Å². The van der Waals surface area contributed by atoms with Crippen molar-refractivity contribution in [2.24, 2.45) is 11.8 Å². The first kappa shape index (κ1) is 25.6. The average Bonchev–Trinajstić information content (AvgIpc) is 3.57. The number of fused-ring (bicyclic) bond motifs is 1. The van der Waals surface area contributed by atoms with Crippen molar-refractivity contribution in [3.05, 3.63) is 82.9 Å². The van der Waals surface area contributed by atoms with Gasteiger partial charge in [-0.25, -0.2) is 0 Å². The molecular formula is C30H35ClN4O3. The fourth-order valence-corrected chi connectivity index (χ4v) is 6.68. The van der Waals surface area contributed by atoms with E-state index in [0.717, 1.165) is 51.3 Å². The van der Waals surface area contributed by atoms with Gasteiger partial charge in [-0.15, -0.1) is 0 Å². The Kier molecular flexibility index (Phi) is 7.27. The molecule has 4 heterocycles. The highest BCUT2D eigenvalue weighted by molar-refractivity contribution is 6.31. The third-order valence-electron chi connectivity index (χ3n) is 8.46. The van der Waals surface area contributed by atoms with E-state index in [1.54, 1.807) is 4.90 Å². The highest BCUT2D eigenvalue weighted by Crippen LogP contribution is 2.52. The molecular weight excluding hydrogens is 500 g/mol. The summed E-state index contributed by atoms with van der Waals surface area (Å²) in [4.78, 5) is 33.5. The summed E-state index contributed by atoms with van der Waals surface area (Å²) in [7, 11) is 0. The van der Waals surface area contributed by atoms with Crippen LogP contribution in [0.1, 0.15) is 17.5 Å². The lowest BCUT2D eigenvalue weighted by atomic mass is 9.77. The molecule has 4 atom stereocenters. The molecule has 8 heteroatoms. The number of amides is 2. The lowest BCUT2D eigenvalue weighted by Crippen LogP contribution is -2.47. The van der Waals surface area contributed by atoms with Gasteiger partial charge in [-0.05, 0) is 30.2 Å². The second kappa shape index (κ2) is 10.8. The van der Waals surface area contributed by atoms with Crippen LogP contribution < -0.4 is 5.32 Å². The summed E-state index contributed by atoms with van der Waals surface area (Å²) >= 11 is 6.34. The zero-order chi connectivity index (χ0) is 26.1. The largest absolute Gasteiger partial charge is 0.360 e. The fraction of sp³-hybridized carbons (Fsp3) is 0.467. The van der Waals surface area contributed by atoms with Gasteiger partial charge in [0.05, 0.1) is 24.5 Å². The minimum Gasteiger partial charge on any atom is -0.360 e. The van der Waals surface area contributed by atoms with Gasteiger partial charge in [0.25, 0.3) is 0 Å². The molecule has 6 rings (SSSR count). The van der Waals surface area contributed by atoms with Crippen molar-refractivity contribution < 1.29 is 14.3 Å². The molecule has 0 aromatic heterocycles. The number of ether oxygens (including phenoxy) is 1. The van der Waals surface area contributed by atoms with Crippen LogP contribution >= 0.6 is 11.6 Å². The summed E-state index contributed by atoms with van der Waals surface area (Å²) in [6.45, 7) is 7.65. The number of nitrogens with one attached hydrogen (secondary N) is 1. The molecule has 0 radical (unpaired) electrons. The van der Waals surface area contributed by atoms with Gasteiger partial charge in [0.1, 0.15) is 5.60 Å². The highest BCUT2D eigenvalue weighted by atomic mass is 35.5. The Balaban J connectivity index is 0.972. The smallest absolute Gasteiger partial charge is 0.230 e. The molecule has 1 spiro atoms. The van der Waals surface area contributed by atoms with Crippen LogP contribution in [0.25, 0.3) is 0 Å². The third kappa shape index (κ3) is 5.00. The number of halogens is 1. The van der Waals surface area contributed by atoms with Gasteiger partial charge in [-0.2, -0.15) is 0 Å². The van der Waals surface area contributed by atoms with E-state index >= 15 is 0 Å². The number of hydrogen-bond acceptors (Lipinski definition) is 5. The van der Waals surface area contributed by atoms with Gasteiger partial charge >= 0.3 is 0 Å². The lowest BCUT2D eigenvalue weighted by molar-refractivity contribution is -0.137. The molecule has 0 saturated carbocycles. The maximum absolute atomic E-state index is 13.5. The molecule has 1 N–H and O–H groups in total. The number of benzene rings is 2. The Hall–Kier alpha value is -2.71. The van der Waals surface area contributed by atoms with E-state index in [-0.39, 0.29) is 17.9 Å². The van der Waals surface area contributed by atoms with E-state index < -0.39 is 17.4 Å².